The molecule has 0 aliphatic heterocycles. The lowest BCUT2D eigenvalue weighted by Gasteiger charge is -2.15. The summed E-state index contributed by atoms with van der Waals surface area (Å²) in [6.45, 7) is 7.15. The van der Waals surface area contributed by atoms with Gasteiger partial charge in [-0.2, -0.15) is 0 Å². The van der Waals surface area contributed by atoms with Gasteiger partial charge in [0.2, 0.25) is 0 Å². The van der Waals surface area contributed by atoms with Crippen LogP contribution in [0.3, 0.4) is 0 Å². The Balaban J connectivity index is 2.40. The van der Waals surface area contributed by atoms with Crippen molar-refractivity contribution in [3.05, 3.63) is 41.2 Å². The number of rotatable bonds is 4. The van der Waals surface area contributed by atoms with Crippen LogP contribution in [0, 0.1) is 13.8 Å². The third-order valence-corrected chi connectivity index (χ3v) is 4.23. The van der Waals surface area contributed by atoms with Crippen molar-refractivity contribution >= 4 is 33.7 Å². The van der Waals surface area contributed by atoms with E-state index in [0.29, 0.717) is 11.3 Å². The maximum atomic E-state index is 11.9. The van der Waals surface area contributed by atoms with E-state index in [2.05, 4.69) is 0 Å². The third-order valence-electron chi connectivity index (χ3n) is 4.23. The van der Waals surface area contributed by atoms with Gasteiger partial charge in [0.25, 0.3) is 0 Å². The number of hydrogen-bond acceptors (Lipinski definition) is 5. The van der Waals surface area contributed by atoms with E-state index >= 15 is 0 Å². The van der Waals surface area contributed by atoms with E-state index < -0.39 is 0 Å². The van der Waals surface area contributed by atoms with Crippen LogP contribution in [0.25, 0.3) is 21.7 Å². The largest absolute Gasteiger partial charge is 0.461 e. The van der Waals surface area contributed by atoms with Crippen molar-refractivity contribution in [2.45, 2.75) is 40.7 Å². The van der Waals surface area contributed by atoms with Gasteiger partial charge < -0.3 is 13.9 Å². The van der Waals surface area contributed by atoms with E-state index in [-0.39, 0.29) is 25.0 Å². The predicted molar refractivity (Wildman–Crippen MR) is 94.6 cm³/mol. The molecule has 0 aliphatic rings. The fourth-order valence-electron chi connectivity index (χ4n) is 3.10. The Hall–Kier alpha value is -2.82. The van der Waals surface area contributed by atoms with Crippen LogP contribution in [0.4, 0.5) is 0 Å². The molecular formula is C20H20O5. The summed E-state index contributed by atoms with van der Waals surface area (Å²) < 4.78 is 16.6. The molecule has 0 saturated heterocycles. The number of carbonyl (C=O) groups is 2. The lowest BCUT2D eigenvalue weighted by Crippen LogP contribution is -2.08. The zero-order valence-electron chi connectivity index (χ0n) is 14.8. The minimum Gasteiger partial charge on any atom is -0.461 e. The van der Waals surface area contributed by atoms with E-state index in [0.717, 1.165) is 32.8 Å². The van der Waals surface area contributed by atoms with E-state index in [9.17, 15) is 9.59 Å². The first kappa shape index (κ1) is 17.0. The molecule has 3 rings (SSSR count). The molecule has 0 amide bonds. The average Bonchev–Trinajstić information content (AvgIpc) is 2.96. The normalized spacial score (nSPS) is 11.0. The molecule has 0 spiro atoms. The summed E-state index contributed by atoms with van der Waals surface area (Å²) in [6.07, 6.45) is 1.89. The van der Waals surface area contributed by atoms with Crippen molar-refractivity contribution in [2.24, 2.45) is 0 Å². The molecule has 1 aromatic heterocycles. The molecule has 5 nitrogen and oxygen atoms in total. The molecule has 0 unspecified atom stereocenters. The molecule has 0 atom stereocenters. The second-order valence-corrected chi connectivity index (χ2v) is 6.04. The van der Waals surface area contributed by atoms with Crippen LogP contribution in [0.5, 0.6) is 5.75 Å². The summed E-state index contributed by atoms with van der Waals surface area (Å²) in [5.41, 5.74) is 3.27. The summed E-state index contributed by atoms with van der Waals surface area (Å²) in [5, 5.41) is 2.51. The fraction of sp³-hybridized carbons (Fsp3) is 0.300. The van der Waals surface area contributed by atoms with Crippen LogP contribution in [0.2, 0.25) is 0 Å². The molecule has 25 heavy (non-hydrogen) atoms. The van der Waals surface area contributed by atoms with Gasteiger partial charge in [-0.25, -0.2) is 0 Å². The van der Waals surface area contributed by atoms with Crippen LogP contribution in [-0.4, -0.2) is 11.9 Å². The van der Waals surface area contributed by atoms with Crippen molar-refractivity contribution in [3.63, 3.8) is 0 Å². The maximum Gasteiger partial charge on any atom is 0.311 e. The molecule has 0 radical (unpaired) electrons. The highest BCUT2D eigenvalue weighted by molar-refractivity contribution is 6.09. The topological polar surface area (TPSA) is 65.7 Å². The molecule has 2 aromatic carbocycles. The third kappa shape index (κ3) is 2.97. The lowest BCUT2D eigenvalue weighted by molar-refractivity contribution is -0.142. The number of benzene rings is 2. The second-order valence-electron chi connectivity index (χ2n) is 6.04. The van der Waals surface area contributed by atoms with Crippen molar-refractivity contribution in [2.75, 3.05) is 0 Å². The minimum absolute atomic E-state index is 0.134. The van der Waals surface area contributed by atoms with Crippen molar-refractivity contribution in [1.29, 1.82) is 0 Å². The number of hydrogen-bond donors (Lipinski definition) is 0. The molecule has 0 saturated carbocycles. The number of aryl methyl sites for hydroxylation is 2. The average molecular weight is 340 g/mol. The van der Waals surface area contributed by atoms with Gasteiger partial charge >= 0.3 is 11.9 Å². The van der Waals surface area contributed by atoms with Crippen LogP contribution in [-0.2, 0) is 20.9 Å². The molecular weight excluding hydrogens is 320 g/mol. The Labute approximate surface area is 145 Å². The van der Waals surface area contributed by atoms with E-state index in [1.165, 1.54) is 6.92 Å². The highest BCUT2D eigenvalue weighted by atomic mass is 16.5. The predicted octanol–water partition coefficient (Wildman–Crippen LogP) is 4.58. The number of carbonyl (C=O) groups excluding carboxylic acids is 2. The van der Waals surface area contributed by atoms with Gasteiger partial charge in [0.1, 0.15) is 6.61 Å². The highest BCUT2D eigenvalue weighted by Crippen LogP contribution is 2.42. The first-order valence-electron chi connectivity index (χ1n) is 8.20. The Morgan fingerprint density at radius 3 is 2.56 bits per heavy atom. The van der Waals surface area contributed by atoms with Gasteiger partial charge in [-0.1, -0.05) is 25.1 Å². The molecule has 0 bridgehead atoms. The van der Waals surface area contributed by atoms with Crippen molar-refractivity contribution in [1.82, 2.24) is 0 Å². The van der Waals surface area contributed by atoms with E-state index in [1.54, 1.807) is 13.2 Å². The Morgan fingerprint density at radius 1 is 1.12 bits per heavy atom. The van der Waals surface area contributed by atoms with Crippen LogP contribution < -0.4 is 4.74 Å². The highest BCUT2D eigenvalue weighted by Gasteiger charge is 2.22. The van der Waals surface area contributed by atoms with Gasteiger partial charge in [0.15, 0.2) is 11.3 Å². The maximum absolute atomic E-state index is 11.9. The Morgan fingerprint density at radius 2 is 1.88 bits per heavy atom. The molecule has 1 heterocycles. The summed E-state index contributed by atoms with van der Waals surface area (Å²) in [4.78, 5) is 23.3. The smallest absolute Gasteiger partial charge is 0.311 e. The molecule has 5 heteroatoms. The van der Waals surface area contributed by atoms with E-state index in [4.69, 9.17) is 13.9 Å². The Bertz CT molecular complexity index is 981. The first-order chi connectivity index (χ1) is 11.9. The second kappa shape index (κ2) is 6.59. The Kier molecular flexibility index (Phi) is 4.49. The summed E-state index contributed by atoms with van der Waals surface area (Å²) in [7, 11) is 0. The number of fused-ring (bicyclic) bond motifs is 2. The summed E-state index contributed by atoms with van der Waals surface area (Å²) in [6, 6.07) is 5.76. The van der Waals surface area contributed by atoms with Crippen molar-refractivity contribution < 1.29 is 23.5 Å². The van der Waals surface area contributed by atoms with Crippen LogP contribution in [0.1, 0.15) is 37.0 Å². The first-order valence-corrected chi connectivity index (χ1v) is 8.20. The van der Waals surface area contributed by atoms with Gasteiger partial charge in [0, 0.05) is 29.7 Å². The van der Waals surface area contributed by atoms with Gasteiger partial charge in [0.05, 0.1) is 6.26 Å². The van der Waals surface area contributed by atoms with Crippen molar-refractivity contribution in [3.8, 4) is 5.75 Å². The zero-order valence-corrected chi connectivity index (χ0v) is 14.8. The molecule has 0 aliphatic carbocycles. The quantitative estimate of drug-likeness (QED) is 0.514. The van der Waals surface area contributed by atoms with E-state index in [1.807, 2.05) is 32.0 Å². The van der Waals surface area contributed by atoms with Crippen LogP contribution >= 0.6 is 0 Å². The monoisotopic (exact) mass is 340 g/mol. The summed E-state index contributed by atoms with van der Waals surface area (Å²) >= 11 is 0. The lowest BCUT2D eigenvalue weighted by atomic mass is 9.95. The number of ether oxygens (including phenoxy) is 2. The fourth-order valence-corrected chi connectivity index (χ4v) is 3.10. The van der Waals surface area contributed by atoms with Crippen LogP contribution in [0.15, 0.2) is 28.9 Å². The summed E-state index contributed by atoms with van der Waals surface area (Å²) in [5.74, 6) is -0.261. The molecule has 130 valence electrons. The zero-order chi connectivity index (χ0) is 18.1. The number of furan rings is 1. The SMILES string of the molecule is CCC(=O)Oc1c2cccc(C)c2c(COC(C)=O)c2c(C)coc12. The van der Waals surface area contributed by atoms with Gasteiger partial charge in [-0.3, -0.25) is 9.59 Å². The molecule has 0 fully saturated rings. The number of esters is 2. The standard InChI is InChI=1S/C20H20O5/c1-5-16(22)25-19-14-8-6-7-11(2)17(14)15(10-23-13(4)21)18-12(3)9-24-20(18)19/h6-9H,5,10H2,1-4H3. The van der Waals surface area contributed by atoms with Gasteiger partial charge in [-0.05, 0) is 30.4 Å². The minimum atomic E-state index is -0.350. The molecule has 0 N–H and O–H groups in total. The molecule has 3 aromatic rings. The van der Waals surface area contributed by atoms with Gasteiger partial charge in [-0.15, -0.1) is 0 Å².